The standard InChI is InChI=1S/C33H42N4O4/c1-2-39-32-24-30(12-13-31(32)34)41-29-14-18-37(19-15-29)33(38)16-17-35-20-22-36(23-21-35)27-8-10-28(11-9-27)40-25-26-6-4-3-5-7-26/h3-13,24,29H,2,14-23,25,34H2,1H3. The summed E-state index contributed by atoms with van der Waals surface area (Å²) < 4.78 is 17.7. The van der Waals surface area contributed by atoms with Crippen LogP contribution in [-0.4, -0.2) is 74.2 Å². The Morgan fingerprint density at radius 3 is 2.27 bits per heavy atom. The Morgan fingerprint density at radius 1 is 0.854 bits per heavy atom. The fourth-order valence-corrected chi connectivity index (χ4v) is 5.42. The highest BCUT2D eigenvalue weighted by Gasteiger charge is 2.25. The van der Waals surface area contributed by atoms with Crippen LogP contribution in [0.4, 0.5) is 11.4 Å². The van der Waals surface area contributed by atoms with Crippen molar-refractivity contribution in [3.63, 3.8) is 0 Å². The fourth-order valence-electron chi connectivity index (χ4n) is 5.42. The monoisotopic (exact) mass is 558 g/mol. The minimum Gasteiger partial charge on any atom is -0.492 e. The van der Waals surface area contributed by atoms with Gasteiger partial charge in [-0.3, -0.25) is 9.69 Å². The zero-order valence-electron chi connectivity index (χ0n) is 24.0. The predicted molar refractivity (Wildman–Crippen MR) is 163 cm³/mol. The number of hydrogen-bond acceptors (Lipinski definition) is 7. The first-order valence-corrected chi connectivity index (χ1v) is 14.8. The lowest BCUT2D eigenvalue weighted by molar-refractivity contribution is -0.133. The summed E-state index contributed by atoms with van der Waals surface area (Å²) in [6.07, 6.45) is 2.31. The predicted octanol–water partition coefficient (Wildman–Crippen LogP) is 4.83. The van der Waals surface area contributed by atoms with E-state index in [-0.39, 0.29) is 12.0 Å². The molecule has 0 unspecified atom stereocenters. The van der Waals surface area contributed by atoms with Crippen molar-refractivity contribution >= 4 is 17.3 Å². The molecule has 3 aromatic rings. The Balaban J connectivity index is 0.988. The van der Waals surface area contributed by atoms with Crippen molar-refractivity contribution in [3.8, 4) is 17.2 Å². The van der Waals surface area contributed by atoms with Crippen LogP contribution < -0.4 is 24.8 Å². The molecule has 41 heavy (non-hydrogen) atoms. The molecule has 0 radical (unpaired) electrons. The fraction of sp³-hybridized carbons (Fsp3) is 0.424. The van der Waals surface area contributed by atoms with Gasteiger partial charge in [-0.15, -0.1) is 0 Å². The van der Waals surface area contributed by atoms with Crippen molar-refractivity contribution in [2.24, 2.45) is 0 Å². The molecular formula is C33H42N4O4. The lowest BCUT2D eigenvalue weighted by Gasteiger charge is -2.37. The van der Waals surface area contributed by atoms with E-state index in [9.17, 15) is 4.79 Å². The molecule has 2 fully saturated rings. The number of nitrogens with two attached hydrogens (primary N) is 1. The van der Waals surface area contributed by atoms with Crippen molar-refractivity contribution in [1.82, 2.24) is 9.80 Å². The Bertz CT molecular complexity index is 1240. The molecule has 0 spiro atoms. The van der Waals surface area contributed by atoms with Crippen molar-refractivity contribution in [1.29, 1.82) is 0 Å². The molecule has 0 saturated carbocycles. The summed E-state index contributed by atoms with van der Waals surface area (Å²) in [5.74, 6) is 2.54. The molecular weight excluding hydrogens is 516 g/mol. The molecule has 0 aromatic heterocycles. The SMILES string of the molecule is CCOc1cc(OC2CCN(C(=O)CCN3CCN(c4ccc(OCc5ccccc5)cc4)CC3)CC2)ccc1N. The molecule has 2 N–H and O–H groups in total. The van der Waals surface area contributed by atoms with Gasteiger partial charge in [-0.1, -0.05) is 30.3 Å². The number of carbonyl (C=O) groups is 1. The number of amides is 1. The Kier molecular flexibility index (Phi) is 9.86. The maximum atomic E-state index is 12.9. The second-order valence-corrected chi connectivity index (χ2v) is 10.7. The van der Waals surface area contributed by atoms with Crippen molar-refractivity contribution in [2.75, 3.05) is 63.1 Å². The van der Waals surface area contributed by atoms with Gasteiger partial charge in [0.05, 0.1) is 12.3 Å². The summed E-state index contributed by atoms with van der Waals surface area (Å²) >= 11 is 0. The van der Waals surface area contributed by atoms with Crippen LogP contribution >= 0.6 is 0 Å². The van der Waals surface area contributed by atoms with Gasteiger partial charge in [0, 0.05) is 76.8 Å². The summed E-state index contributed by atoms with van der Waals surface area (Å²) in [7, 11) is 0. The van der Waals surface area contributed by atoms with E-state index in [1.807, 2.05) is 60.4 Å². The van der Waals surface area contributed by atoms with Crippen LogP contribution in [0.2, 0.25) is 0 Å². The van der Waals surface area contributed by atoms with E-state index in [0.29, 0.717) is 31.1 Å². The molecule has 0 aliphatic carbocycles. The number of nitrogens with zero attached hydrogens (tertiary/aromatic N) is 3. The van der Waals surface area contributed by atoms with Gasteiger partial charge in [-0.25, -0.2) is 0 Å². The van der Waals surface area contributed by atoms with Crippen LogP contribution in [-0.2, 0) is 11.4 Å². The largest absolute Gasteiger partial charge is 0.492 e. The molecule has 218 valence electrons. The average molecular weight is 559 g/mol. The van der Waals surface area contributed by atoms with Crippen molar-refractivity contribution in [3.05, 3.63) is 78.4 Å². The Labute approximate surface area is 243 Å². The average Bonchev–Trinajstić information content (AvgIpc) is 3.02. The highest BCUT2D eigenvalue weighted by molar-refractivity contribution is 5.76. The lowest BCUT2D eigenvalue weighted by atomic mass is 10.1. The van der Waals surface area contributed by atoms with E-state index in [1.165, 1.54) is 5.69 Å². The second kappa shape index (κ2) is 14.1. The van der Waals surface area contributed by atoms with E-state index in [4.69, 9.17) is 19.9 Å². The van der Waals surface area contributed by atoms with Gasteiger partial charge in [0.1, 0.15) is 30.0 Å². The van der Waals surface area contributed by atoms with Crippen LogP contribution in [0.5, 0.6) is 17.2 Å². The Morgan fingerprint density at radius 2 is 1.56 bits per heavy atom. The summed E-state index contributed by atoms with van der Waals surface area (Å²) in [4.78, 5) is 19.7. The molecule has 8 heteroatoms. The molecule has 1 amide bonds. The third-order valence-corrected chi connectivity index (χ3v) is 7.85. The van der Waals surface area contributed by atoms with Crippen molar-refractivity contribution in [2.45, 2.75) is 38.9 Å². The van der Waals surface area contributed by atoms with E-state index < -0.39 is 0 Å². The maximum absolute atomic E-state index is 12.9. The number of nitrogen functional groups attached to an aromatic ring is 1. The number of likely N-dealkylation sites (tertiary alicyclic amines) is 1. The van der Waals surface area contributed by atoms with Crippen LogP contribution in [0.1, 0.15) is 31.7 Å². The third kappa shape index (κ3) is 8.07. The number of anilines is 2. The van der Waals surface area contributed by atoms with Gasteiger partial charge in [-0.05, 0) is 48.9 Å². The number of carbonyl (C=O) groups excluding carboxylic acids is 1. The first-order chi connectivity index (χ1) is 20.1. The highest BCUT2D eigenvalue weighted by atomic mass is 16.5. The molecule has 3 aromatic carbocycles. The van der Waals surface area contributed by atoms with Gasteiger partial charge < -0.3 is 29.7 Å². The maximum Gasteiger partial charge on any atom is 0.223 e. The third-order valence-electron chi connectivity index (χ3n) is 7.85. The summed E-state index contributed by atoms with van der Waals surface area (Å²) in [5.41, 5.74) is 8.96. The lowest BCUT2D eigenvalue weighted by Crippen LogP contribution is -2.48. The van der Waals surface area contributed by atoms with Crippen LogP contribution in [0, 0.1) is 0 Å². The van der Waals surface area contributed by atoms with Gasteiger partial charge in [0.15, 0.2) is 0 Å². The van der Waals surface area contributed by atoms with Crippen LogP contribution in [0.25, 0.3) is 0 Å². The molecule has 2 saturated heterocycles. The summed E-state index contributed by atoms with van der Waals surface area (Å²) in [6, 6.07) is 24.1. The van der Waals surface area contributed by atoms with Gasteiger partial charge in [-0.2, -0.15) is 0 Å². The topological polar surface area (TPSA) is 80.5 Å². The zero-order chi connectivity index (χ0) is 28.4. The normalized spacial score (nSPS) is 16.4. The molecule has 2 heterocycles. The quantitative estimate of drug-likeness (QED) is 0.338. The smallest absolute Gasteiger partial charge is 0.223 e. The minimum atomic E-state index is 0.0923. The number of benzene rings is 3. The highest BCUT2D eigenvalue weighted by Crippen LogP contribution is 2.29. The molecule has 8 nitrogen and oxygen atoms in total. The first kappa shape index (κ1) is 28.6. The van der Waals surface area contributed by atoms with Gasteiger partial charge in [0.2, 0.25) is 5.91 Å². The molecule has 5 rings (SSSR count). The minimum absolute atomic E-state index is 0.0923. The molecule has 2 aliphatic heterocycles. The zero-order valence-corrected chi connectivity index (χ0v) is 24.0. The number of rotatable bonds is 11. The van der Waals surface area contributed by atoms with Crippen LogP contribution in [0.15, 0.2) is 72.8 Å². The van der Waals surface area contributed by atoms with E-state index in [1.54, 1.807) is 0 Å². The van der Waals surface area contributed by atoms with E-state index in [2.05, 4.69) is 34.1 Å². The number of hydrogen-bond donors (Lipinski definition) is 1. The van der Waals surface area contributed by atoms with Gasteiger partial charge in [0.25, 0.3) is 0 Å². The number of ether oxygens (including phenoxy) is 3. The number of piperidine rings is 1. The summed E-state index contributed by atoms with van der Waals surface area (Å²) in [5, 5.41) is 0. The second-order valence-electron chi connectivity index (χ2n) is 10.7. The Hall–Kier alpha value is -3.91. The molecule has 0 bridgehead atoms. The van der Waals surface area contributed by atoms with Crippen LogP contribution in [0.3, 0.4) is 0 Å². The number of piperazine rings is 1. The molecule has 0 atom stereocenters. The van der Waals surface area contributed by atoms with Gasteiger partial charge >= 0.3 is 0 Å². The van der Waals surface area contributed by atoms with E-state index >= 15 is 0 Å². The first-order valence-electron chi connectivity index (χ1n) is 14.8. The van der Waals surface area contributed by atoms with E-state index in [0.717, 1.165) is 75.7 Å². The summed E-state index contributed by atoms with van der Waals surface area (Å²) in [6.45, 7) is 9.16. The van der Waals surface area contributed by atoms with Crippen molar-refractivity contribution < 1.29 is 19.0 Å². The molecule has 2 aliphatic rings.